The van der Waals surface area contributed by atoms with Gasteiger partial charge in [0.1, 0.15) is 5.75 Å². The summed E-state index contributed by atoms with van der Waals surface area (Å²) < 4.78 is 5.59. The van der Waals surface area contributed by atoms with Crippen molar-refractivity contribution in [3.05, 3.63) is 54.6 Å². The Morgan fingerprint density at radius 2 is 1.90 bits per heavy atom. The smallest absolute Gasteiger partial charge is 0.265 e. The first-order valence-electron chi connectivity index (χ1n) is 6.35. The number of hydrogen-bond donors (Lipinski definition) is 1. The molecule has 104 valence electrons. The molecule has 0 heterocycles. The van der Waals surface area contributed by atoms with Gasteiger partial charge in [0.25, 0.3) is 5.91 Å². The number of hydrogen-bond acceptors (Lipinski definition) is 3. The average molecular weight is 287 g/mol. The summed E-state index contributed by atoms with van der Waals surface area (Å²) in [5.41, 5.74) is 0.783. The SMILES string of the molecule is CSc1cccc(NC(=O)[C@H](C)Oc2ccccc2)c1. The van der Waals surface area contributed by atoms with Gasteiger partial charge in [0.15, 0.2) is 6.10 Å². The molecule has 0 bridgehead atoms. The number of benzene rings is 2. The summed E-state index contributed by atoms with van der Waals surface area (Å²) in [6, 6.07) is 17.1. The summed E-state index contributed by atoms with van der Waals surface area (Å²) in [6.45, 7) is 1.74. The number of amides is 1. The van der Waals surface area contributed by atoms with Crippen LogP contribution in [0.4, 0.5) is 5.69 Å². The van der Waals surface area contributed by atoms with E-state index in [2.05, 4.69) is 5.32 Å². The highest BCUT2D eigenvalue weighted by molar-refractivity contribution is 7.98. The zero-order valence-corrected chi connectivity index (χ0v) is 12.3. The zero-order valence-electron chi connectivity index (χ0n) is 11.5. The Morgan fingerprint density at radius 3 is 2.60 bits per heavy atom. The number of anilines is 1. The second-order valence-corrected chi connectivity index (χ2v) is 5.17. The molecule has 20 heavy (non-hydrogen) atoms. The number of rotatable bonds is 5. The fraction of sp³-hybridized carbons (Fsp3) is 0.188. The van der Waals surface area contributed by atoms with Gasteiger partial charge in [-0.2, -0.15) is 0 Å². The van der Waals surface area contributed by atoms with Crippen LogP contribution in [0, 0.1) is 0 Å². The van der Waals surface area contributed by atoms with Crippen molar-refractivity contribution in [3.8, 4) is 5.75 Å². The van der Waals surface area contributed by atoms with Crippen LogP contribution < -0.4 is 10.1 Å². The summed E-state index contributed by atoms with van der Waals surface area (Å²) in [6.07, 6.45) is 1.46. The van der Waals surface area contributed by atoms with Crippen molar-refractivity contribution in [2.24, 2.45) is 0 Å². The van der Waals surface area contributed by atoms with Gasteiger partial charge in [-0.15, -0.1) is 11.8 Å². The molecule has 1 N–H and O–H groups in total. The first-order chi connectivity index (χ1) is 9.69. The zero-order chi connectivity index (χ0) is 14.4. The standard InChI is InChI=1S/C16H17NO2S/c1-12(19-14-8-4-3-5-9-14)16(18)17-13-7-6-10-15(11-13)20-2/h3-12H,1-2H3,(H,17,18)/t12-/m0/s1. The Labute approximate surface area is 123 Å². The van der Waals surface area contributed by atoms with Crippen molar-refractivity contribution < 1.29 is 9.53 Å². The van der Waals surface area contributed by atoms with E-state index in [0.29, 0.717) is 5.75 Å². The topological polar surface area (TPSA) is 38.3 Å². The molecule has 0 unspecified atom stereocenters. The van der Waals surface area contributed by atoms with Crippen molar-refractivity contribution in [3.63, 3.8) is 0 Å². The van der Waals surface area contributed by atoms with Crippen LogP contribution in [0.5, 0.6) is 5.75 Å². The van der Waals surface area contributed by atoms with E-state index in [1.165, 1.54) is 0 Å². The second kappa shape index (κ2) is 7.01. The predicted octanol–water partition coefficient (Wildman–Crippen LogP) is 3.81. The molecule has 0 saturated heterocycles. The molecule has 2 rings (SSSR count). The Hall–Kier alpha value is -1.94. The third kappa shape index (κ3) is 4.03. The van der Waals surface area contributed by atoms with Crippen molar-refractivity contribution in [1.29, 1.82) is 0 Å². The van der Waals surface area contributed by atoms with Crippen LogP contribution >= 0.6 is 11.8 Å². The molecule has 0 aromatic heterocycles. The first kappa shape index (κ1) is 14.5. The molecule has 0 aliphatic heterocycles. The van der Waals surface area contributed by atoms with Crippen LogP contribution in [0.2, 0.25) is 0 Å². The summed E-state index contributed by atoms with van der Waals surface area (Å²) in [7, 11) is 0. The Balaban J connectivity index is 1.97. The van der Waals surface area contributed by atoms with Crippen molar-refractivity contribution in [2.45, 2.75) is 17.9 Å². The summed E-state index contributed by atoms with van der Waals surface area (Å²) in [5.74, 6) is 0.528. The lowest BCUT2D eigenvalue weighted by Crippen LogP contribution is -2.30. The van der Waals surface area contributed by atoms with Gasteiger partial charge < -0.3 is 10.1 Å². The fourth-order valence-corrected chi connectivity index (χ4v) is 2.16. The van der Waals surface area contributed by atoms with Crippen LogP contribution in [0.3, 0.4) is 0 Å². The second-order valence-electron chi connectivity index (χ2n) is 4.29. The molecule has 4 heteroatoms. The number of para-hydroxylation sites is 1. The summed E-state index contributed by atoms with van der Waals surface area (Å²) in [4.78, 5) is 13.2. The van der Waals surface area contributed by atoms with Gasteiger partial charge in [0.2, 0.25) is 0 Å². The normalized spacial score (nSPS) is 11.7. The lowest BCUT2D eigenvalue weighted by Gasteiger charge is -2.15. The van der Waals surface area contributed by atoms with Gasteiger partial charge in [-0.1, -0.05) is 24.3 Å². The maximum atomic E-state index is 12.1. The average Bonchev–Trinajstić information content (AvgIpc) is 2.48. The minimum Gasteiger partial charge on any atom is -0.481 e. The minimum absolute atomic E-state index is 0.160. The predicted molar refractivity (Wildman–Crippen MR) is 83.4 cm³/mol. The molecule has 2 aromatic carbocycles. The van der Waals surface area contributed by atoms with Gasteiger partial charge in [0.05, 0.1) is 0 Å². The van der Waals surface area contributed by atoms with Gasteiger partial charge in [-0.05, 0) is 43.5 Å². The van der Waals surface area contributed by atoms with E-state index in [4.69, 9.17) is 4.74 Å². The van der Waals surface area contributed by atoms with Crippen LogP contribution in [0.15, 0.2) is 59.5 Å². The molecule has 0 spiro atoms. The van der Waals surface area contributed by atoms with E-state index in [1.54, 1.807) is 18.7 Å². The number of nitrogens with one attached hydrogen (secondary N) is 1. The molecule has 2 aromatic rings. The summed E-state index contributed by atoms with van der Waals surface area (Å²) >= 11 is 1.64. The molecule has 0 aliphatic rings. The maximum absolute atomic E-state index is 12.1. The molecule has 1 atom stereocenters. The molecule has 3 nitrogen and oxygen atoms in total. The summed E-state index contributed by atoms with van der Waals surface area (Å²) in [5, 5.41) is 2.86. The highest BCUT2D eigenvalue weighted by atomic mass is 32.2. The number of ether oxygens (including phenoxy) is 1. The lowest BCUT2D eigenvalue weighted by atomic mass is 10.3. The van der Waals surface area contributed by atoms with E-state index in [-0.39, 0.29) is 5.91 Å². The van der Waals surface area contributed by atoms with E-state index in [0.717, 1.165) is 10.6 Å². The minimum atomic E-state index is -0.546. The van der Waals surface area contributed by atoms with Crippen LogP contribution in [0.1, 0.15) is 6.92 Å². The Bertz CT molecular complexity index is 572. The van der Waals surface area contributed by atoms with Gasteiger partial charge >= 0.3 is 0 Å². The van der Waals surface area contributed by atoms with Crippen LogP contribution in [-0.2, 0) is 4.79 Å². The lowest BCUT2D eigenvalue weighted by molar-refractivity contribution is -0.122. The number of carbonyl (C=O) groups is 1. The quantitative estimate of drug-likeness (QED) is 0.850. The molecular formula is C16H17NO2S. The Morgan fingerprint density at radius 1 is 1.15 bits per heavy atom. The van der Waals surface area contributed by atoms with Crippen molar-refractivity contribution in [1.82, 2.24) is 0 Å². The van der Waals surface area contributed by atoms with E-state index in [1.807, 2.05) is 60.9 Å². The highest BCUT2D eigenvalue weighted by Crippen LogP contribution is 2.19. The first-order valence-corrected chi connectivity index (χ1v) is 7.58. The van der Waals surface area contributed by atoms with Crippen LogP contribution in [0.25, 0.3) is 0 Å². The van der Waals surface area contributed by atoms with Crippen LogP contribution in [-0.4, -0.2) is 18.3 Å². The molecule has 0 radical (unpaired) electrons. The monoisotopic (exact) mass is 287 g/mol. The highest BCUT2D eigenvalue weighted by Gasteiger charge is 2.14. The third-order valence-electron chi connectivity index (χ3n) is 2.76. The number of thioether (sulfide) groups is 1. The largest absolute Gasteiger partial charge is 0.481 e. The van der Waals surface area contributed by atoms with Gasteiger partial charge in [-0.25, -0.2) is 0 Å². The maximum Gasteiger partial charge on any atom is 0.265 e. The Kier molecular flexibility index (Phi) is 5.07. The van der Waals surface area contributed by atoms with Gasteiger partial charge in [-0.3, -0.25) is 4.79 Å². The third-order valence-corrected chi connectivity index (χ3v) is 3.49. The fourth-order valence-electron chi connectivity index (χ4n) is 1.70. The molecule has 0 saturated carbocycles. The van der Waals surface area contributed by atoms with E-state index < -0.39 is 6.10 Å². The van der Waals surface area contributed by atoms with Crippen molar-refractivity contribution >= 4 is 23.4 Å². The molecule has 0 aliphatic carbocycles. The molecule has 1 amide bonds. The molecular weight excluding hydrogens is 270 g/mol. The molecule has 0 fully saturated rings. The van der Waals surface area contributed by atoms with E-state index >= 15 is 0 Å². The van der Waals surface area contributed by atoms with Crippen molar-refractivity contribution in [2.75, 3.05) is 11.6 Å². The van der Waals surface area contributed by atoms with E-state index in [9.17, 15) is 4.79 Å². The van der Waals surface area contributed by atoms with Gasteiger partial charge in [0, 0.05) is 10.6 Å². The number of carbonyl (C=O) groups excluding carboxylic acids is 1.